The molecule has 3 rings (SSSR count). The molecule has 6 nitrogen and oxygen atoms in total. The second-order valence-corrected chi connectivity index (χ2v) is 9.13. The Bertz CT molecular complexity index is 891. The maximum absolute atomic E-state index is 12.6. The van der Waals surface area contributed by atoms with Crippen LogP contribution in [0.15, 0.2) is 59.5 Å². The monoisotopic (exact) mass is 415 g/mol. The van der Waals surface area contributed by atoms with Crippen LogP contribution >= 0.6 is 0 Å². The van der Waals surface area contributed by atoms with E-state index in [0.717, 1.165) is 38.8 Å². The standard InChI is InChI=1S/C22H29N3O3S/c1-2-3-15-23-29(27,28)21-11-9-19(10-12-21)24-22(26)18-13-16-25(17-14-18)20-7-5-4-6-8-20/h4-12,18,23H,2-3,13-17H2,1H3,(H,24,26). The largest absolute Gasteiger partial charge is 0.371 e. The molecule has 0 radical (unpaired) electrons. The summed E-state index contributed by atoms with van der Waals surface area (Å²) < 4.78 is 27.1. The second-order valence-electron chi connectivity index (χ2n) is 7.36. The number of unbranched alkanes of at least 4 members (excludes halogenated alkanes) is 1. The number of nitrogens with one attached hydrogen (secondary N) is 2. The van der Waals surface area contributed by atoms with Gasteiger partial charge >= 0.3 is 0 Å². The van der Waals surface area contributed by atoms with Crippen LogP contribution in [0.3, 0.4) is 0 Å². The van der Waals surface area contributed by atoms with Crippen LogP contribution in [-0.4, -0.2) is 34.0 Å². The van der Waals surface area contributed by atoms with Crippen molar-refractivity contribution in [3.63, 3.8) is 0 Å². The van der Waals surface area contributed by atoms with Crippen molar-refractivity contribution in [1.82, 2.24) is 4.72 Å². The zero-order valence-corrected chi connectivity index (χ0v) is 17.6. The number of hydrogen-bond acceptors (Lipinski definition) is 4. The molecule has 1 fully saturated rings. The summed E-state index contributed by atoms with van der Waals surface area (Å²) in [6, 6.07) is 16.6. The van der Waals surface area contributed by atoms with Crippen LogP contribution < -0.4 is 14.9 Å². The minimum Gasteiger partial charge on any atom is -0.371 e. The molecule has 29 heavy (non-hydrogen) atoms. The first-order chi connectivity index (χ1) is 14.0. The van der Waals surface area contributed by atoms with Crippen LogP contribution in [0.4, 0.5) is 11.4 Å². The zero-order valence-electron chi connectivity index (χ0n) is 16.8. The van der Waals surface area contributed by atoms with Gasteiger partial charge in [-0.2, -0.15) is 0 Å². The first-order valence-corrected chi connectivity index (χ1v) is 11.7. The van der Waals surface area contributed by atoms with Gasteiger partial charge in [-0.15, -0.1) is 0 Å². The van der Waals surface area contributed by atoms with Gasteiger partial charge in [0.1, 0.15) is 0 Å². The van der Waals surface area contributed by atoms with Crippen LogP contribution in [0.25, 0.3) is 0 Å². The van der Waals surface area contributed by atoms with Gasteiger partial charge in [-0.25, -0.2) is 13.1 Å². The van der Waals surface area contributed by atoms with Crippen molar-refractivity contribution < 1.29 is 13.2 Å². The van der Waals surface area contributed by atoms with Crippen LogP contribution in [0.5, 0.6) is 0 Å². The van der Waals surface area contributed by atoms with E-state index in [1.54, 1.807) is 12.1 Å². The molecule has 2 aromatic rings. The number of benzene rings is 2. The molecule has 2 aromatic carbocycles. The summed E-state index contributed by atoms with van der Waals surface area (Å²) in [4.78, 5) is 15.1. The lowest BCUT2D eigenvalue weighted by molar-refractivity contribution is -0.120. The Labute approximate surface area is 173 Å². The van der Waals surface area contributed by atoms with Crippen molar-refractivity contribution in [2.75, 3.05) is 29.9 Å². The van der Waals surface area contributed by atoms with E-state index in [4.69, 9.17) is 0 Å². The molecule has 1 aliphatic heterocycles. The minimum atomic E-state index is -3.50. The zero-order chi connectivity index (χ0) is 20.7. The second kappa shape index (κ2) is 9.89. The lowest BCUT2D eigenvalue weighted by atomic mass is 9.95. The highest BCUT2D eigenvalue weighted by molar-refractivity contribution is 7.89. The lowest BCUT2D eigenvalue weighted by Crippen LogP contribution is -2.38. The number of piperidine rings is 1. The number of nitrogens with zero attached hydrogens (tertiary/aromatic N) is 1. The Balaban J connectivity index is 1.52. The molecule has 0 saturated carbocycles. The third kappa shape index (κ3) is 5.81. The molecule has 1 saturated heterocycles. The summed E-state index contributed by atoms with van der Waals surface area (Å²) in [5.41, 5.74) is 1.81. The van der Waals surface area contributed by atoms with Crippen molar-refractivity contribution in [1.29, 1.82) is 0 Å². The van der Waals surface area contributed by atoms with E-state index >= 15 is 0 Å². The summed E-state index contributed by atoms with van der Waals surface area (Å²) in [7, 11) is -3.50. The predicted molar refractivity (Wildman–Crippen MR) is 117 cm³/mol. The molecule has 2 N–H and O–H groups in total. The number of rotatable bonds is 8. The van der Waals surface area contributed by atoms with E-state index in [1.165, 1.54) is 17.8 Å². The Morgan fingerprint density at radius 2 is 1.69 bits per heavy atom. The van der Waals surface area contributed by atoms with Crippen LogP contribution in [-0.2, 0) is 14.8 Å². The van der Waals surface area contributed by atoms with E-state index in [0.29, 0.717) is 12.2 Å². The molecule has 7 heteroatoms. The number of carbonyl (C=O) groups excluding carboxylic acids is 1. The fourth-order valence-electron chi connectivity index (χ4n) is 3.47. The number of hydrogen-bond donors (Lipinski definition) is 2. The van der Waals surface area contributed by atoms with Gasteiger partial charge < -0.3 is 10.2 Å². The summed E-state index contributed by atoms with van der Waals surface area (Å²) in [6.07, 6.45) is 3.33. The molecule has 156 valence electrons. The number of carbonyl (C=O) groups is 1. The fourth-order valence-corrected chi connectivity index (χ4v) is 4.54. The molecule has 1 amide bonds. The van der Waals surface area contributed by atoms with Gasteiger partial charge in [0.25, 0.3) is 0 Å². The van der Waals surface area contributed by atoms with Gasteiger partial charge in [-0.3, -0.25) is 4.79 Å². The highest BCUT2D eigenvalue weighted by atomic mass is 32.2. The van der Waals surface area contributed by atoms with Gasteiger partial charge in [0.05, 0.1) is 4.90 Å². The maximum atomic E-state index is 12.6. The van der Waals surface area contributed by atoms with Crippen molar-refractivity contribution >= 4 is 27.3 Å². The lowest BCUT2D eigenvalue weighted by Gasteiger charge is -2.33. The van der Waals surface area contributed by atoms with Crippen molar-refractivity contribution in [3.8, 4) is 0 Å². The summed E-state index contributed by atoms with van der Waals surface area (Å²) in [6.45, 7) is 4.14. The molecule has 0 spiro atoms. The van der Waals surface area contributed by atoms with Gasteiger partial charge in [0.2, 0.25) is 15.9 Å². The Morgan fingerprint density at radius 1 is 1.03 bits per heavy atom. The van der Waals surface area contributed by atoms with Crippen LogP contribution in [0.1, 0.15) is 32.6 Å². The molecular weight excluding hydrogens is 386 g/mol. The molecule has 1 aliphatic rings. The molecule has 1 heterocycles. The van der Waals surface area contributed by atoms with E-state index < -0.39 is 10.0 Å². The fraction of sp³-hybridized carbons (Fsp3) is 0.409. The van der Waals surface area contributed by atoms with E-state index in [-0.39, 0.29) is 16.7 Å². The Morgan fingerprint density at radius 3 is 2.31 bits per heavy atom. The molecule has 0 atom stereocenters. The first-order valence-electron chi connectivity index (χ1n) is 10.2. The molecule has 0 bridgehead atoms. The average Bonchev–Trinajstić information content (AvgIpc) is 2.75. The van der Waals surface area contributed by atoms with Gasteiger partial charge in [-0.1, -0.05) is 31.5 Å². The minimum absolute atomic E-state index is 0.00519. The number of para-hydroxylation sites is 1. The number of sulfonamides is 1. The summed E-state index contributed by atoms with van der Waals surface area (Å²) >= 11 is 0. The topological polar surface area (TPSA) is 78.5 Å². The van der Waals surface area contributed by atoms with Crippen molar-refractivity contribution in [2.45, 2.75) is 37.5 Å². The highest BCUT2D eigenvalue weighted by Crippen LogP contribution is 2.24. The third-order valence-corrected chi connectivity index (χ3v) is 6.72. The molecule has 0 unspecified atom stereocenters. The van der Waals surface area contributed by atoms with Crippen molar-refractivity contribution in [2.24, 2.45) is 5.92 Å². The van der Waals surface area contributed by atoms with E-state index in [2.05, 4.69) is 27.1 Å². The highest BCUT2D eigenvalue weighted by Gasteiger charge is 2.25. The quantitative estimate of drug-likeness (QED) is 0.646. The normalized spacial score (nSPS) is 15.3. The first kappa shape index (κ1) is 21.3. The van der Waals surface area contributed by atoms with Crippen molar-refractivity contribution in [3.05, 3.63) is 54.6 Å². The van der Waals surface area contributed by atoms with E-state index in [1.807, 2.05) is 25.1 Å². The van der Waals surface area contributed by atoms with Gasteiger partial charge in [0, 0.05) is 36.9 Å². The smallest absolute Gasteiger partial charge is 0.240 e. The molecule has 0 aromatic heterocycles. The SMILES string of the molecule is CCCCNS(=O)(=O)c1ccc(NC(=O)C2CCN(c3ccccc3)CC2)cc1. The Hall–Kier alpha value is -2.38. The summed E-state index contributed by atoms with van der Waals surface area (Å²) in [5.74, 6) is -0.0385. The summed E-state index contributed by atoms with van der Waals surface area (Å²) in [5, 5.41) is 2.92. The number of anilines is 2. The predicted octanol–water partition coefficient (Wildman–Crippen LogP) is 3.62. The molecular formula is C22H29N3O3S. The van der Waals surface area contributed by atoms with Gasteiger partial charge in [-0.05, 0) is 55.7 Å². The molecule has 0 aliphatic carbocycles. The van der Waals surface area contributed by atoms with Crippen LogP contribution in [0.2, 0.25) is 0 Å². The Kier molecular flexibility index (Phi) is 7.28. The average molecular weight is 416 g/mol. The number of amides is 1. The maximum Gasteiger partial charge on any atom is 0.240 e. The van der Waals surface area contributed by atoms with E-state index in [9.17, 15) is 13.2 Å². The van der Waals surface area contributed by atoms with Gasteiger partial charge in [0.15, 0.2) is 0 Å². The van der Waals surface area contributed by atoms with Crippen LogP contribution in [0, 0.1) is 5.92 Å². The third-order valence-electron chi connectivity index (χ3n) is 5.24.